The average Bonchev–Trinajstić information content (AvgIpc) is 2.59. The zero-order valence-corrected chi connectivity index (χ0v) is 14.5. The summed E-state index contributed by atoms with van der Waals surface area (Å²) in [6, 6.07) is 21.0. The molecule has 3 aromatic carbocycles. The van der Waals surface area contributed by atoms with Crippen molar-refractivity contribution in [2.24, 2.45) is 0 Å². The molecule has 0 aliphatic carbocycles. The first-order chi connectivity index (χ1) is 11.6. The molecule has 0 spiro atoms. The Morgan fingerprint density at radius 2 is 1.62 bits per heavy atom. The topological polar surface area (TPSA) is 41.3 Å². The van der Waals surface area contributed by atoms with Crippen molar-refractivity contribution in [3.63, 3.8) is 0 Å². The Morgan fingerprint density at radius 3 is 2.38 bits per heavy atom. The van der Waals surface area contributed by atoms with E-state index in [1.165, 1.54) is 10.6 Å². The van der Waals surface area contributed by atoms with E-state index in [0.717, 1.165) is 33.1 Å². The number of benzene rings is 3. The van der Waals surface area contributed by atoms with Crippen LogP contribution in [0, 0.1) is 0 Å². The lowest BCUT2D eigenvalue weighted by Gasteiger charge is -2.24. The summed E-state index contributed by atoms with van der Waals surface area (Å²) in [5.41, 5.74) is 12.8. The highest BCUT2D eigenvalue weighted by molar-refractivity contribution is 7.99. The van der Waals surface area contributed by atoms with Gasteiger partial charge in [0, 0.05) is 40.8 Å². The van der Waals surface area contributed by atoms with E-state index in [9.17, 15) is 0 Å². The van der Waals surface area contributed by atoms with Crippen LogP contribution in [0.4, 0.5) is 22.7 Å². The maximum Gasteiger partial charge on any atom is 0.0534 e. The van der Waals surface area contributed by atoms with Crippen LogP contribution in [0.2, 0.25) is 0 Å². The van der Waals surface area contributed by atoms with Crippen LogP contribution in [-0.2, 0) is 0 Å². The summed E-state index contributed by atoms with van der Waals surface area (Å²) in [7, 11) is 4.11. The van der Waals surface area contributed by atoms with E-state index >= 15 is 0 Å². The number of rotatable bonds is 2. The van der Waals surface area contributed by atoms with Crippen LogP contribution in [0.1, 0.15) is 0 Å². The lowest BCUT2D eigenvalue weighted by Crippen LogP contribution is -2.09. The summed E-state index contributed by atoms with van der Waals surface area (Å²) < 4.78 is 0. The number of anilines is 4. The quantitative estimate of drug-likeness (QED) is 0.494. The molecule has 1 aliphatic rings. The standard InChI is InChI=1S/C20H19N3S/c1-23(2)14-8-9-17-19(10-14)24-20-12-16(21)15(11-18(20)22-17)13-6-4-3-5-7-13/h3-12,22H,21H2,1-2H3. The number of nitrogens with zero attached hydrogens (tertiary/aromatic N) is 1. The molecule has 24 heavy (non-hydrogen) atoms. The maximum atomic E-state index is 6.33. The van der Waals surface area contributed by atoms with Crippen molar-refractivity contribution in [3.8, 4) is 11.1 Å². The first kappa shape index (κ1) is 15.0. The van der Waals surface area contributed by atoms with Crippen molar-refractivity contribution >= 4 is 34.5 Å². The van der Waals surface area contributed by atoms with E-state index in [2.05, 4.69) is 66.8 Å². The average molecular weight is 333 g/mol. The van der Waals surface area contributed by atoms with Gasteiger partial charge >= 0.3 is 0 Å². The minimum Gasteiger partial charge on any atom is -0.398 e. The van der Waals surface area contributed by atoms with Gasteiger partial charge in [0.25, 0.3) is 0 Å². The monoisotopic (exact) mass is 333 g/mol. The highest BCUT2D eigenvalue weighted by atomic mass is 32.2. The van der Waals surface area contributed by atoms with Gasteiger partial charge in [0.05, 0.1) is 11.4 Å². The van der Waals surface area contributed by atoms with Crippen LogP contribution >= 0.6 is 11.8 Å². The molecule has 0 amide bonds. The van der Waals surface area contributed by atoms with Crippen molar-refractivity contribution in [1.29, 1.82) is 0 Å². The van der Waals surface area contributed by atoms with Crippen molar-refractivity contribution in [1.82, 2.24) is 0 Å². The van der Waals surface area contributed by atoms with Gasteiger partial charge in [-0.1, -0.05) is 42.1 Å². The minimum absolute atomic E-state index is 0.807. The zero-order valence-electron chi connectivity index (χ0n) is 13.7. The molecular weight excluding hydrogens is 314 g/mol. The number of nitrogen functional groups attached to an aromatic ring is 1. The third-order valence-corrected chi connectivity index (χ3v) is 5.32. The molecular formula is C20H19N3S. The van der Waals surface area contributed by atoms with Gasteiger partial charge in [-0.2, -0.15) is 0 Å². The number of nitrogens with two attached hydrogens (primary N) is 1. The van der Waals surface area contributed by atoms with Crippen LogP contribution in [-0.4, -0.2) is 14.1 Å². The molecule has 0 saturated heterocycles. The van der Waals surface area contributed by atoms with Gasteiger partial charge in [-0.15, -0.1) is 0 Å². The Kier molecular flexibility index (Phi) is 3.62. The lowest BCUT2D eigenvalue weighted by molar-refractivity contribution is 1.12. The molecule has 3 nitrogen and oxygen atoms in total. The Morgan fingerprint density at radius 1 is 0.875 bits per heavy atom. The largest absolute Gasteiger partial charge is 0.398 e. The molecule has 0 bridgehead atoms. The number of hydrogen-bond acceptors (Lipinski definition) is 4. The number of fused-ring (bicyclic) bond motifs is 2. The van der Waals surface area contributed by atoms with E-state index < -0.39 is 0 Å². The predicted molar refractivity (Wildman–Crippen MR) is 104 cm³/mol. The van der Waals surface area contributed by atoms with Crippen LogP contribution in [0.25, 0.3) is 11.1 Å². The smallest absolute Gasteiger partial charge is 0.0534 e. The summed E-state index contributed by atoms with van der Waals surface area (Å²) in [5.74, 6) is 0. The van der Waals surface area contributed by atoms with Crippen molar-refractivity contribution in [3.05, 3.63) is 60.7 Å². The summed E-state index contributed by atoms with van der Waals surface area (Å²) in [5, 5.41) is 3.55. The first-order valence-electron chi connectivity index (χ1n) is 7.87. The van der Waals surface area contributed by atoms with E-state index in [4.69, 9.17) is 5.73 Å². The van der Waals surface area contributed by atoms with Crippen molar-refractivity contribution in [2.45, 2.75) is 9.79 Å². The Labute approximate surface area is 146 Å². The van der Waals surface area contributed by atoms with Gasteiger partial charge in [-0.3, -0.25) is 0 Å². The fraction of sp³-hybridized carbons (Fsp3) is 0.100. The lowest BCUT2D eigenvalue weighted by atomic mass is 10.0. The molecule has 4 rings (SSSR count). The molecule has 1 aliphatic heterocycles. The van der Waals surface area contributed by atoms with E-state index in [1.54, 1.807) is 11.8 Å². The highest BCUT2D eigenvalue weighted by Crippen LogP contribution is 2.47. The molecule has 0 saturated carbocycles. The van der Waals surface area contributed by atoms with Gasteiger partial charge in [0.2, 0.25) is 0 Å². The number of hydrogen-bond donors (Lipinski definition) is 2. The second-order valence-electron chi connectivity index (χ2n) is 6.10. The first-order valence-corrected chi connectivity index (χ1v) is 8.68. The van der Waals surface area contributed by atoms with Crippen LogP contribution < -0.4 is 16.0 Å². The summed E-state index contributed by atoms with van der Waals surface area (Å²) in [6.45, 7) is 0. The molecule has 0 atom stereocenters. The van der Waals surface area contributed by atoms with Crippen molar-refractivity contribution in [2.75, 3.05) is 30.0 Å². The van der Waals surface area contributed by atoms with Gasteiger partial charge in [0.1, 0.15) is 0 Å². The van der Waals surface area contributed by atoms with Gasteiger partial charge in [-0.05, 0) is 35.9 Å². The summed E-state index contributed by atoms with van der Waals surface area (Å²) in [6.07, 6.45) is 0. The second-order valence-corrected chi connectivity index (χ2v) is 7.19. The predicted octanol–water partition coefficient (Wildman–Crippen LogP) is 5.21. The Hall–Kier alpha value is -2.59. The maximum absolute atomic E-state index is 6.33. The van der Waals surface area contributed by atoms with Crippen LogP contribution in [0.5, 0.6) is 0 Å². The number of nitrogens with one attached hydrogen (secondary N) is 1. The van der Waals surface area contributed by atoms with Crippen LogP contribution in [0.3, 0.4) is 0 Å². The second kappa shape index (κ2) is 5.80. The molecule has 0 radical (unpaired) electrons. The summed E-state index contributed by atoms with van der Waals surface area (Å²) in [4.78, 5) is 4.50. The zero-order chi connectivity index (χ0) is 16.7. The molecule has 4 heteroatoms. The molecule has 1 heterocycles. The fourth-order valence-corrected chi connectivity index (χ4v) is 3.94. The minimum atomic E-state index is 0.807. The van der Waals surface area contributed by atoms with Crippen molar-refractivity contribution < 1.29 is 0 Å². The van der Waals surface area contributed by atoms with Crippen LogP contribution in [0.15, 0.2) is 70.5 Å². The Bertz CT molecular complexity index is 904. The summed E-state index contributed by atoms with van der Waals surface area (Å²) >= 11 is 1.76. The third-order valence-electron chi connectivity index (χ3n) is 4.21. The molecule has 3 aromatic rings. The molecule has 120 valence electrons. The highest BCUT2D eigenvalue weighted by Gasteiger charge is 2.18. The van der Waals surface area contributed by atoms with E-state index in [1.807, 2.05) is 18.2 Å². The molecule has 0 fully saturated rings. The molecule has 3 N–H and O–H groups in total. The Balaban J connectivity index is 1.76. The third kappa shape index (κ3) is 2.59. The SMILES string of the molecule is CN(C)c1ccc2c(c1)Sc1cc(N)c(-c3ccccc3)cc1N2. The fourth-order valence-electron chi connectivity index (χ4n) is 2.89. The normalized spacial score (nSPS) is 12.1. The van der Waals surface area contributed by atoms with E-state index in [-0.39, 0.29) is 0 Å². The molecule has 0 aromatic heterocycles. The van der Waals surface area contributed by atoms with E-state index in [0.29, 0.717) is 0 Å². The molecule has 0 unspecified atom stereocenters. The van der Waals surface area contributed by atoms with Gasteiger partial charge in [-0.25, -0.2) is 0 Å². The van der Waals surface area contributed by atoms with Gasteiger partial charge in [0.15, 0.2) is 0 Å². The van der Waals surface area contributed by atoms with Gasteiger partial charge < -0.3 is 16.0 Å².